The number of primary amides is 1. The maximum Gasteiger partial charge on any atom is 0.249 e. The standard InChI is InChI=1S/C31H36N2O12/c1-13-25(34)16(33-7-8-43-20(12-33)42-3)9-19(44-13)45-18-11-31(40,30(32)39)10-15-22(18)29(38)24-23(27(15)36)26(35)14-5-4-6-17(41-2)21(14)28(24)37/h4-6,13,16,18-20,25,34,36,38,40H,7-12H2,1-3H3,(H2,32,39). The zero-order chi connectivity index (χ0) is 32.4. The first-order valence-corrected chi connectivity index (χ1v) is 14.7. The first-order valence-electron chi connectivity index (χ1n) is 14.7. The molecule has 2 aliphatic heterocycles. The Morgan fingerprint density at radius 1 is 1.09 bits per heavy atom. The lowest BCUT2D eigenvalue weighted by atomic mass is 9.72. The number of aliphatic hydroxyl groups excluding tert-OH is 1. The van der Waals surface area contributed by atoms with Gasteiger partial charge in [0.05, 0.1) is 48.7 Å². The first kappa shape index (κ1) is 31.4. The van der Waals surface area contributed by atoms with Gasteiger partial charge in [0.15, 0.2) is 18.4 Å². The molecule has 0 spiro atoms. The highest BCUT2D eigenvalue weighted by Gasteiger charge is 2.50. The molecule has 45 heavy (non-hydrogen) atoms. The number of carbonyl (C=O) groups is 3. The van der Waals surface area contributed by atoms with Crippen LogP contribution >= 0.6 is 0 Å². The second-order valence-corrected chi connectivity index (χ2v) is 11.9. The molecule has 2 aliphatic carbocycles. The summed E-state index contributed by atoms with van der Waals surface area (Å²) in [5.74, 6) is -3.82. The highest BCUT2D eigenvalue weighted by molar-refractivity contribution is 6.31. The Bertz CT molecular complexity index is 1560. The summed E-state index contributed by atoms with van der Waals surface area (Å²) in [6.07, 6.45) is -5.30. The van der Waals surface area contributed by atoms with Gasteiger partial charge in [-0.2, -0.15) is 0 Å². The summed E-state index contributed by atoms with van der Waals surface area (Å²) in [5.41, 5.74) is 2.09. The number of benzene rings is 2. The quantitative estimate of drug-likeness (QED) is 0.233. The summed E-state index contributed by atoms with van der Waals surface area (Å²) < 4.78 is 28.5. The number of rotatable bonds is 6. The van der Waals surface area contributed by atoms with E-state index in [2.05, 4.69) is 0 Å². The molecule has 0 radical (unpaired) electrons. The van der Waals surface area contributed by atoms with Crippen LogP contribution in [0.3, 0.4) is 0 Å². The Balaban J connectivity index is 1.42. The highest BCUT2D eigenvalue weighted by atomic mass is 16.7. The van der Waals surface area contributed by atoms with Crippen molar-refractivity contribution in [2.45, 2.75) is 68.7 Å². The van der Waals surface area contributed by atoms with Gasteiger partial charge in [-0.25, -0.2) is 0 Å². The van der Waals surface area contributed by atoms with Crippen LogP contribution in [0.4, 0.5) is 0 Å². The minimum Gasteiger partial charge on any atom is -0.507 e. The third-order valence-corrected chi connectivity index (χ3v) is 9.32. The lowest BCUT2D eigenvalue weighted by molar-refractivity contribution is -0.266. The summed E-state index contributed by atoms with van der Waals surface area (Å²) in [6.45, 7) is 2.94. The molecule has 242 valence electrons. The predicted octanol–water partition coefficient (Wildman–Crippen LogP) is 0.271. The van der Waals surface area contributed by atoms with Gasteiger partial charge in [-0.1, -0.05) is 12.1 Å². The molecule has 2 saturated heterocycles. The number of aliphatic hydroxyl groups is 2. The zero-order valence-corrected chi connectivity index (χ0v) is 25.0. The number of amides is 1. The molecule has 6 N–H and O–H groups in total. The molecule has 2 heterocycles. The van der Waals surface area contributed by atoms with Crippen LogP contribution < -0.4 is 10.5 Å². The summed E-state index contributed by atoms with van der Waals surface area (Å²) in [4.78, 5) is 42.0. The molecule has 2 fully saturated rings. The van der Waals surface area contributed by atoms with Crippen LogP contribution in [0.25, 0.3) is 0 Å². The average molecular weight is 629 g/mol. The highest BCUT2D eigenvalue weighted by Crippen LogP contribution is 2.52. The van der Waals surface area contributed by atoms with Crippen molar-refractivity contribution in [3.63, 3.8) is 0 Å². The van der Waals surface area contributed by atoms with Gasteiger partial charge in [0, 0.05) is 62.2 Å². The molecule has 2 aromatic rings. The normalized spacial score (nSPS) is 31.6. The van der Waals surface area contributed by atoms with E-state index in [1.165, 1.54) is 32.4 Å². The maximum atomic E-state index is 13.8. The number of ketones is 2. The maximum absolute atomic E-state index is 13.8. The molecule has 7 atom stereocenters. The van der Waals surface area contributed by atoms with E-state index in [4.69, 9.17) is 29.4 Å². The lowest BCUT2D eigenvalue weighted by Gasteiger charge is -2.46. The molecule has 0 saturated carbocycles. The van der Waals surface area contributed by atoms with Gasteiger partial charge < -0.3 is 49.8 Å². The number of nitrogens with zero attached hydrogens (tertiary/aromatic N) is 1. The molecular formula is C31H36N2O12. The number of phenols is 2. The van der Waals surface area contributed by atoms with Gasteiger partial charge in [-0.05, 0) is 13.0 Å². The fourth-order valence-electron chi connectivity index (χ4n) is 6.96. The van der Waals surface area contributed by atoms with Crippen molar-refractivity contribution in [2.24, 2.45) is 5.73 Å². The Kier molecular flexibility index (Phi) is 8.10. The fourth-order valence-corrected chi connectivity index (χ4v) is 6.96. The molecule has 14 nitrogen and oxygen atoms in total. The molecule has 6 rings (SSSR count). The second kappa shape index (κ2) is 11.6. The zero-order valence-electron chi connectivity index (χ0n) is 25.0. The number of ether oxygens (including phenoxy) is 5. The van der Waals surface area contributed by atoms with E-state index in [0.717, 1.165) is 0 Å². The van der Waals surface area contributed by atoms with E-state index in [1.807, 2.05) is 4.90 Å². The number of hydrogen-bond donors (Lipinski definition) is 5. The molecule has 4 aliphatic rings. The Labute approximate surface area is 258 Å². The van der Waals surface area contributed by atoms with Crippen LogP contribution in [0, 0.1) is 0 Å². The van der Waals surface area contributed by atoms with E-state index in [0.29, 0.717) is 19.7 Å². The Morgan fingerprint density at radius 3 is 2.51 bits per heavy atom. The van der Waals surface area contributed by atoms with Gasteiger partial charge >= 0.3 is 0 Å². The monoisotopic (exact) mass is 628 g/mol. The van der Waals surface area contributed by atoms with E-state index in [-0.39, 0.29) is 34.4 Å². The van der Waals surface area contributed by atoms with E-state index in [9.17, 15) is 34.8 Å². The molecule has 0 bridgehead atoms. The predicted molar refractivity (Wildman–Crippen MR) is 153 cm³/mol. The van der Waals surface area contributed by atoms with E-state index in [1.54, 1.807) is 6.92 Å². The summed E-state index contributed by atoms with van der Waals surface area (Å²) in [7, 11) is 2.86. The number of nitrogens with two attached hydrogens (primary N) is 1. The van der Waals surface area contributed by atoms with Crippen molar-refractivity contribution in [1.29, 1.82) is 0 Å². The van der Waals surface area contributed by atoms with Gasteiger partial charge in [0.25, 0.3) is 0 Å². The van der Waals surface area contributed by atoms with Crippen LogP contribution in [0.2, 0.25) is 0 Å². The minimum absolute atomic E-state index is 0.0386. The summed E-state index contributed by atoms with van der Waals surface area (Å²) in [5, 5.41) is 45.5. The largest absolute Gasteiger partial charge is 0.507 e. The summed E-state index contributed by atoms with van der Waals surface area (Å²) >= 11 is 0. The van der Waals surface area contributed by atoms with E-state index >= 15 is 0 Å². The number of hydrogen-bond acceptors (Lipinski definition) is 13. The summed E-state index contributed by atoms with van der Waals surface area (Å²) in [6, 6.07) is 3.96. The van der Waals surface area contributed by atoms with Gasteiger partial charge in [-0.3, -0.25) is 19.3 Å². The molecule has 0 aromatic heterocycles. The number of morpholine rings is 1. The number of methoxy groups -OCH3 is 2. The number of fused-ring (bicyclic) bond motifs is 3. The lowest BCUT2D eigenvalue weighted by Crippen LogP contribution is -2.59. The van der Waals surface area contributed by atoms with Crippen molar-refractivity contribution < 1.29 is 58.5 Å². The van der Waals surface area contributed by atoms with Crippen LogP contribution in [-0.2, 0) is 30.2 Å². The molecule has 7 unspecified atom stereocenters. The SMILES string of the molecule is COc1cccc2c1C(=O)c1c(O)c3c(c(O)c1C2=O)CC(O)(C(N)=O)CC3OC1CC(N2CCOC(OC)C2)C(O)C(C)O1. The van der Waals surface area contributed by atoms with Crippen LogP contribution in [0.1, 0.15) is 68.8 Å². The second-order valence-electron chi connectivity index (χ2n) is 11.9. The average Bonchev–Trinajstić information content (AvgIpc) is 3.02. The van der Waals surface area contributed by atoms with Gasteiger partial charge in [0.1, 0.15) is 22.8 Å². The number of phenolic OH excluding ortho intramolecular Hbond substituents is 2. The van der Waals surface area contributed by atoms with E-state index < -0.39 is 95.5 Å². The van der Waals surface area contributed by atoms with Crippen LogP contribution in [-0.4, -0.2) is 113 Å². The van der Waals surface area contributed by atoms with Crippen molar-refractivity contribution in [3.05, 3.63) is 51.6 Å². The fraction of sp³-hybridized carbons (Fsp3) is 0.516. The first-order chi connectivity index (χ1) is 21.4. The van der Waals surface area contributed by atoms with Crippen molar-refractivity contribution >= 4 is 17.5 Å². The smallest absolute Gasteiger partial charge is 0.249 e. The van der Waals surface area contributed by atoms with Crippen molar-refractivity contribution in [2.75, 3.05) is 33.9 Å². The minimum atomic E-state index is -2.24. The van der Waals surface area contributed by atoms with Crippen molar-refractivity contribution in [3.8, 4) is 17.2 Å². The topological polar surface area (TPSA) is 208 Å². The van der Waals surface area contributed by atoms with Gasteiger partial charge in [-0.15, -0.1) is 0 Å². The number of aromatic hydroxyl groups is 2. The van der Waals surface area contributed by atoms with Crippen LogP contribution in [0.15, 0.2) is 18.2 Å². The molecule has 2 aromatic carbocycles. The number of carbonyl (C=O) groups excluding carboxylic acids is 3. The van der Waals surface area contributed by atoms with Crippen LogP contribution in [0.5, 0.6) is 17.2 Å². The molecule has 1 amide bonds. The molecule has 14 heteroatoms. The third kappa shape index (κ3) is 5.06. The third-order valence-electron chi connectivity index (χ3n) is 9.32. The van der Waals surface area contributed by atoms with Gasteiger partial charge in [0.2, 0.25) is 11.7 Å². The molecular weight excluding hydrogens is 592 g/mol. The Morgan fingerprint density at radius 2 is 1.82 bits per heavy atom. The van der Waals surface area contributed by atoms with Crippen molar-refractivity contribution in [1.82, 2.24) is 4.90 Å². The Hall–Kier alpha value is -3.63.